The Bertz CT molecular complexity index is 589. The standard InChI is InChI=1S/C12H15BrF2N2O2S/c13-9-4-12(11(15)5-10(9)14)20(18,19)17-7-8-2-1-3-16-6-8/h4-5,8,16-17H,1-3,6-7H2/t8-/m1/s1. The molecule has 112 valence electrons. The lowest BCUT2D eigenvalue weighted by Gasteiger charge is -2.22. The molecule has 1 aliphatic heterocycles. The van der Waals surface area contributed by atoms with Gasteiger partial charge < -0.3 is 5.32 Å². The maximum absolute atomic E-state index is 13.6. The molecule has 1 heterocycles. The molecule has 1 atom stereocenters. The first kappa shape index (κ1) is 15.8. The van der Waals surface area contributed by atoms with Crippen LogP contribution in [0.5, 0.6) is 0 Å². The van der Waals surface area contributed by atoms with Crippen LogP contribution in [0.15, 0.2) is 21.5 Å². The van der Waals surface area contributed by atoms with Crippen molar-refractivity contribution in [1.82, 2.24) is 10.0 Å². The van der Waals surface area contributed by atoms with Crippen LogP contribution in [0, 0.1) is 17.6 Å². The summed E-state index contributed by atoms with van der Waals surface area (Å²) in [5.41, 5.74) is 0. The van der Waals surface area contributed by atoms with Gasteiger partial charge in [-0.25, -0.2) is 21.9 Å². The summed E-state index contributed by atoms with van der Waals surface area (Å²) >= 11 is 2.86. The van der Waals surface area contributed by atoms with Gasteiger partial charge in [0.25, 0.3) is 0 Å². The number of piperidine rings is 1. The molecule has 1 aromatic rings. The monoisotopic (exact) mass is 368 g/mol. The summed E-state index contributed by atoms with van der Waals surface area (Å²) in [7, 11) is -3.98. The van der Waals surface area contributed by atoms with E-state index in [2.05, 4.69) is 26.0 Å². The van der Waals surface area contributed by atoms with Gasteiger partial charge in [0.05, 0.1) is 4.47 Å². The molecule has 0 saturated carbocycles. The molecule has 8 heteroatoms. The predicted molar refractivity (Wildman–Crippen MR) is 74.8 cm³/mol. The highest BCUT2D eigenvalue weighted by atomic mass is 79.9. The molecule has 0 radical (unpaired) electrons. The lowest BCUT2D eigenvalue weighted by atomic mass is 10.0. The predicted octanol–water partition coefficient (Wildman–Crippen LogP) is 2.01. The van der Waals surface area contributed by atoms with E-state index in [9.17, 15) is 17.2 Å². The molecule has 1 saturated heterocycles. The van der Waals surface area contributed by atoms with Crippen molar-refractivity contribution < 1.29 is 17.2 Å². The van der Waals surface area contributed by atoms with E-state index in [0.717, 1.165) is 32.0 Å². The molecule has 20 heavy (non-hydrogen) atoms. The van der Waals surface area contributed by atoms with Crippen molar-refractivity contribution in [2.24, 2.45) is 5.92 Å². The third-order valence-electron chi connectivity index (χ3n) is 3.23. The van der Waals surface area contributed by atoms with Crippen molar-refractivity contribution in [1.29, 1.82) is 0 Å². The number of rotatable bonds is 4. The summed E-state index contributed by atoms with van der Waals surface area (Å²) in [5, 5.41) is 3.17. The number of benzene rings is 1. The van der Waals surface area contributed by atoms with E-state index in [1.165, 1.54) is 0 Å². The van der Waals surface area contributed by atoms with Gasteiger partial charge in [0, 0.05) is 12.6 Å². The lowest BCUT2D eigenvalue weighted by molar-refractivity contribution is 0.375. The minimum Gasteiger partial charge on any atom is -0.316 e. The summed E-state index contributed by atoms with van der Waals surface area (Å²) in [6.07, 6.45) is 1.91. The SMILES string of the molecule is O=S(=O)(NC[C@@H]1CCCNC1)c1cc(Br)c(F)cc1F. The lowest BCUT2D eigenvalue weighted by Crippen LogP contribution is -2.38. The molecule has 1 aliphatic rings. The minimum absolute atomic E-state index is 0.0846. The van der Waals surface area contributed by atoms with Gasteiger partial charge in [-0.15, -0.1) is 0 Å². The largest absolute Gasteiger partial charge is 0.316 e. The van der Waals surface area contributed by atoms with Crippen LogP contribution in [0.3, 0.4) is 0 Å². The summed E-state index contributed by atoms with van der Waals surface area (Å²) in [5.74, 6) is -1.75. The summed E-state index contributed by atoms with van der Waals surface area (Å²) in [4.78, 5) is -0.547. The van der Waals surface area contributed by atoms with Crippen molar-refractivity contribution in [3.8, 4) is 0 Å². The maximum atomic E-state index is 13.6. The van der Waals surface area contributed by atoms with Crippen molar-refractivity contribution in [3.63, 3.8) is 0 Å². The summed E-state index contributed by atoms with van der Waals surface area (Å²) < 4.78 is 53.1. The van der Waals surface area contributed by atoms with Crippen LogP contribution in [0.4, 0.5) is 8.78 Å². The Morgan fingerprint density at radius 1 is 1.35 bits per heavy atom. The molecule has 0 unspecified atom stereocenters. The minimum atomic E-state index is -3.98. The van der Waals surface area contributed by atoms with Gasteiger partial charge in [-0.1, -0.05) is 0 Å². The summed E-state index contributed by atoms with van der Waals surface area (Å²) in [6, 6.07) is 1.49. The maximum Gasteiger partial charge on any atom is 0.243 e. The Kier molecular flexibility index (Phi) is 5.11. The fraction of sp³-hybridized carbons (Fsp3) is 0.500. The van der Waals surface area contributed by atoms with Crippen LogP contribution in [0.2, 0.25) is 0 Å². The Morgan fingerprint density at radius 3 is 2.75 bits per heavy atom. The second-order valence-electron chi connectivity index (χ2n) is 4.76. The molecular weight excluding hydrogens is 354 g/mol. The highest BCUT2D eigenvalue weighted by Crippen LogP contribution is 2.23. The van der Waals surface area contributed by atoms with Crippen LogP contribution in [-0.2, 0) is 10.0 Å². The Labute approximate surface area is 125 Å². The first-order valence-electron chi connectivity index (χ1n) is 6.25. The van der Waals surface area contributed by atoms with Gasteiger partial charge in [-0.3, -0.25) is 0 Å². The van der Waals surface area contributed by atoms with E-state index in [-0.39, 0.29) is 16.9 Å². The third-order valence-corrected chi connectivity index (χ3v) is 5.27. The molecule has 2 N–H and O–H groups in total. The number of sulfonamides is 1. The zero-order chi connectivity index (χ0) is 14.8. The highest BCUT2D eigenvalue weighted by Gasteiger charge is 2.23. The van der Waals surface area contributed by atoms with Crippen molar-refractivity contribution in [2.75, 3.05) is 19.6 Å². The van der Waals surface area contributed by atoms with E-state index < -0.39 is 26.6 Å². The quantitative estimate of drug-likeness (QED) is 0.799. The van der Waals surface area contributed by atoms with Gasteiger partial charge in [0.2, 0.25) is 10.0 Å². The van der Waals surface area contributed by atoms with E-state index >= 15 is 0 Å². The zero-order valence-electron chi connectivity index (χ0n) is 10.6. The highest BCUT2D eigenvalue weighted by molar-refractivity contribution is 9.10. The van der Waals surface area contributed by atoms with E-state index in [1.54, 1.807) is 0 Å². The Balaban J connectivity index is 2.11. The summed E-state index contributed by atoms with van der Waals surface area (Å²) in [6.45, 7) is 1.91. The number of hydrogen-bond acceptors (Lipinski definition) is 3. The Morgan fingerprint density at radius 2 is 2.10 bits per heavy atom. The average Bonchev–Trinajstić information content (AvgIpc) is 2.42. The third kappa shape index (κ3) is 3.75. The van der Waals surface area contributed by atoms with Gasteiger partial charge in [0.1, 0.15) is 16.5 Å². The topological polar surface area (TPSA) is 58.2 Å². The van der Waals surface area contributed by atoms with Crippen LogP contribution < -0.4 is 10.0 Å². The molecule has 0 aromatic heterocycles. The van der Waals surface area contributed by atoms with Crippen LogP contribution in [0.25, 0.3) is 0 Å². The molecule has 1 fully saturated rings. The van der Waals surface area contributed by atoms with Gasteiger partial charge in [0.15, 0.2) is 0 Å². The average molecular weight is 369 g/mol. The molecule has 0 aliphatic carbocycles. The number of hydrogen-bond donors (Lipinski definition) is 2. The first-order valence-corrected chi connectivity index (χ1v) is 8.52. The van der Waals surface area contributed by atoms with Crippen molar-refractivity contribution in [2.45, 2.75) is 17.7 Å². The zero-order valence-corrected chi connectivity index (χ0v) is 13.0. The van der Waals surface area contributed by atoms with E-state index in [0.29, 0.717) is 6.07 Å². The number of halogens is 3. The Hall–Kier alpha value is -0.570. The second-order valence-corrected chi connectivity index (χ2v) is 7.35. The first-order chi connectivity index (χ1) is 9.40. The van der Waals surface area contributed by atoms with Crippen molar-refractivity contribution in [3.05, 3.63) is 28.2 Å². The molecule has 0 bridgehead atoms. The molecule has 0 amide bonds. The fourth-order valence-corrected chi connectivity index (χ4v) is 3.81. The normalized spacial score (nSPS) is 20.1. The fourth-order valence-electron chi connectivity index (χ4n) is 2.11. The molecule has 4 nitrogen and oxygen atoms in total. The van der Waals surface area contributed by atoms with Crippen LogP contribution in [0.1, 0.15) is 12.8 Å². The molecule has 2 rings (SSSR count). The smallest absolute Gasteiger partial charge is 0.243 e. The van der Waals surface area contributed by atoms with Gasteiger partial charge in [-0.05, 0) is 53.8 Å². The van der Waals surface area contributed by atoms with Crippen molar-refractivity contribution >= 4 is 26.0 Å². The molecular formula is C12H15BrF2N2O2S. The van der Waals surface area contributed by atoms with E-state index in [4.69, 9.17) is 0 Å². The van der Waals surface area contributed by atoms with Crippen LogP contribution >= 0.6 is 15.9 Å². The van der Waals surface area contributed by atoms with E-state index in [1.807, 2.05) is 0 Å². The second kappa shape index (κ2) is 6.46. The van der Waals surface area contributed by atoms with Crippen LogP contribution in [-0.4, -0.2) is 28.1 Å². The molecule has 0 spiro atoms. The van der Waals surface area contributed by atoms with Gasteiger partial charge in [-0.2, -0.15) is 0 Å². The molecule has 1 aromatic carbocycles. The number of nitrogens with one attached hydrogen (secondary N) is 2. The van der Waals surface area contributed by atoms with Gasteiger partial charge >= 0.3 is 0 Å².